The van der Waals surface area contributed by atoms with Crippen molar-refractivity contribution in [2.45, 2.75) is 18.9 Å². The Kier molecular flexibility index (Phi) is 5.57. The van der Waals surface area contributed by atoms with Crippen LogP contribution in [0.3, 0.4) is 0 Å². The van der Waals surface area contributed by atoms with E-state index < -0.39 is 0 Å². The fourth-order valence-electron chi connectivity index (χ4n) is 3.85. The Morgan fingerprint density at radius 2 is 2.10 bits per heavy atom. The van der Waals surface area contributed by atoms with Gasteiger partial charge in [0.15, 0.2) is 11.5 Å². The fourth-order valence-corrected chi connectivity index (χ4v) is 3.85. The molecule has 1 aliphatic heterocycles. The molecule has 4 rings (SSSR count). The van der Waals surface area contributed by atoms with Gasteiger partial charge in [-0.15, -0.1) is 0 Å². The molecule has 1 aromatic carbocycles. The van der Waals surface area contributed by atoms with Gasteiger partial charge in [-0.1, -0.05) is 12.1 Å². The Morgan fingerprint density at radius 3 is 2.86 bits per heavy atom. The molecule has 3 aromatic rings. The second-order valence-corrected chi connectivity index (χ2v) is 7.13. The van der Waals surface area contributed by atoms with Crippen LogP contribution in [0.15, 0.2) is 53.6 Å². The van der Waals surface area contributed by atoms with Crippen LogP contribution in [0.2, 0.25) is 0 Å². The standard InChI is InChI=1S/C22H24N4O3/c1-28-19-7-3-5-16(21(19)29-2)13-26-10-8-17(14-26)22-24-18(11-20(27)25-22)15-6-4-9-23-12-15/h3-7,9,11-12,17H,8,10,13-14H2,1-2H3,(H,24,25,27)/t17-/m0/s1. The molecule has 0 aliphatic carbocycles. The van der Waals surface area contributed by atoms with Crippen molar-refractivity contribution in [3.63, 3.8) is 0 Å². The van der Waals surface area contributed by atoms with Crippen LogP contribution in [0.25, 0.3) is 11.3 Å². The van der Waals surface area contributed by atoms with E-state index in [0.717, 1.165) is 54.5 Å². The van der Waals surface area contributed by atoms with Gasteiger partial charge >= 0.3 is 0 Å². The number of hydrogen-bond acceptors (Lipinski definition) is 6. The van der Waals surface area contributed by atoms with Gasteiger partial charge in [-0.3, -0.25) is 14.7 Å². The average molecular weight is 392 g/mol. The van der Waals surface area contributed by atoms with Crippen LogP contribution in [0, 0.1) is 0 Å². The summed E-state index contributed by atoms with van der Waals surface area (Å²) in [6.07, 6.45) is 4.37. The second kappa shape index (κ2) is 8.45. The second-order valence-electron chi connectivity index (χ2n) is 7.13. The molecule has 7 heteroatoms. The van der Waals surface area contributed by atoms with E-state index in [1.807, 2.05) is 24.3 Å². The van der Waals surface area contributed by atoms with Crippen LogP contribution in [0.5, 0.6) is 11.5 Å². The molecule has 1 fully saturated rings. The van der Waals surface area contributed by atoms with Gasteiger partial charge in [-0.25, -0.2) is 4.98 Å². The van der Waals surface area contributed by atoms with Crippen molar-refractivity contribution in [1.29, 1.82) is 0 Å². The third-order valence-electron chi connectivity index (χ3n) is 5.25. The van der Waals surface area contributed by atoms with Crippen molar-refractivity contribution in [3.8, 4) is 22.8 Å². The number of nitrogens with zero attached hydrogens (tertiary/aromatic N) is 3. The number of methoxy groups -OCH3 is 2. The van der Waals surface area contributed by atoms with Crippen molar-refractivity contribution in [2.75, 3.05) is 27.3 Å². The number of aromatic amines is 1. The SMILES string of the molecule is COc1cccc(CN2CC[C@H](c3nc(-c4cccnc4)cc(=O)[nH]3)C2)c1OC. The van der Waals surface area contributed by atoms with E-state index in [9.17, 15) is 4.79 Å². The van der Waals surface area contributed by atoms with Crippen LogP contribution in [0.4, 0.5) is 0 Å². The molecular weight excluding hydrogens is 368 g/mol. The average Bonchev–Trinajstić information content (AvgIpc) is 3.22. The molecule has 0 amide bonds. The van der Waals surface area contributed by atoms with Gasteiger partial charge in [-0.05, 0) is 31.2 Å². The van der Waals surface area contributed by atoms with Crippen molar-refractivity contribution in [2.24, 2.45) is 0 Å². The zero-order valence-corrected chi connectivity index (χ0v) is 16.6. The van der Waals surface area contributed by atoms with E-state index in [2.05, 4.69) is 20.9 Å². The maximum absolute atomic E-state index is 12.2. The molecule has 29 heavy (non-hydrogen) atoms. The van der Waals surface area contributed by atoms with Crippen molar-refractivity contribution in [3.05, 3.63) is 70.5 Å². The predicted molar refractivity (Wildman–Crippen MR) is 110 cm³/mol. The summed E-state index contributed by atoms with van der Waals surface area (Å²) in [6, 6.07) is 11.2. The third kappa shape index (κ3) is 4.14. The first kappa shape index (κ1) is 19.1. The number of ether oxygens (including phenoxy) is 2. The molecule has 0 spiro atoms. The summed E-state index contributed by atoms with van der Waals surface area (Å²) in [5.74, 6) is 2.41. The maximum atomic E-state index is 12.2. The summed E-state index contributed by atoms with van der Waals surface area (Å²) in [5, 5.41) is 0. The summed E-state index contributed by atoms with van der Waals surface area (Å²) < 4.78 is 11.0. The summed E-state index contributed by atoms with van der Waals surface area (Å²) in [5.41, 5.74) is 2.44. The number of hydrogen-bond donors (Lipinski definition) is 1. The minimum atomic E-state index is -0.137. The van der Waals surface area contributed by atoms with Crippen LogP contribution in [0.1, 0.15) is 23.7 Å². The van der Waals surface area contributed by atoms with Crippen molar-refractivity contribution < 1.29 is 9.47 Å². The lowest BCUT2D eigenvalue weighted by atomic mass is 10.1. The van der Waals surface area contributed by atoms with Crippen molar-refractivity contribution >= 4 is 0 Å². The lowest BCUT2D eigenvalue weighted by molar-refractivity contribution is 0.308. The molecule has 3 heterocycles. The summed E-state index contributed by atoms with van der Waals surface area (Å²) in [7, 11) is 3.30. The van der Waals surface area contributed by atoms with Crippen molar-refractivity contribution in [1.82, 2.24) is 19.9 Å². The number of pyridine rings is 1. The maximum Gasteiger partial charge on any atom is 0.251 e. The number of benzene rings is 1. The predicted octanol–water partition coefficient (Wildman–Crippen LogP) is 2.84. The van der Waals surface area contributed by atoms with Crippen LogP contribution >= 0.6 is 0 Å². The van der Waals surface area contributed by atoms with Gasteiger partial charge in [0.1, 0.15) is 5.82 Å². The minimum absolute atomic E-state index is 0.137. The Morgan fingerprint density at radius 1 is 1.21 bits per heavy atom. The Hall–Kier alpha value is -3.19. The van der Waals surface area contributed by atoms with E-state index in [0.29, 0.717) is 5.69 Å². The lowest BCUT2D eigenvalue weighted by Crippen LogP contribution is -2.21. The summed E-state index contributed by atoms with van der Waals surface area (Å²) >= 11 is 0. The van der Waals surface area contributed by atoms with Crippen LogP contribution < -0.4 is 15.0 Å². The van der Waals surface area contributed by atoms with E-state index in [4.69, 9.17) is 14.5 Å². The molecule has 7 nitrogen and oxygen atoms in total. The van der Waals surface area contributed by atoms with E-state index >= 15 is 0 Å². The summed E-state index contributed by atoms with van der Waals surface area (Å²) in [6.45, 7) is 2.50. The van der Waals surface area contributed by atoms with Crippen LogP contribution in [-0.4, -0.2) is 47.2 Å². The smallest absolute Gasteiger partial charge is 0.251 e. The normalized spacial score (nSPS) is 16.7. The van der Waals surface area contributed by atoms with Gasteiger partial charge in [0.2, 0.25) is 0 Å². The molecule has 0 unspecified atom stereocenters. The zero-order chi connectivity index (χ0) is 20.2. The minimum Gasteiger partial charge on any atom is -0.493 e. The highest BCUT2D eigenvalue weighted by Gasteiger charge is 2.27. The highest BCUT2D eigenvalue weighted by atomic mass is 16.5. The molecule has 1 atom stereocenters. The quantitative estimate of drug-likeness (QED) is 0.695. The zero-order valence-electron chi connectivity index (χ0n) is 16.6. The topological polar surface area (TPSA) is 80.3 Å². The first-order valence-electron chi connectivity index (χ1n) is 9.62. The molecule has 1 aliphatic rings. The first-order chi connectivity index (χ1) is 14.2. The largest absolute Gasteiger partial charge is 0.493 e. The van der Waals surface area contributed by atoms with Gasteiger partial charge in [0.05, 0.1) is 19.9 Å². The molecule has 0 radical (unpaired) electrons. The molecule has 1 saturated heterocycles. The number of likely N-dealkylation sites (tertiary alicyclic amines) is 1. The highest BCUT2D eigenvalue weighted by molar-refractivity contribution is 5.57. The first-order valence-corrected chi connectivity index (χ1v) is 9.62. The lowest BCUT2D eigenvalue weighted by Gasteiger charge is -2.19. The third-order valence-corrected chi connectivity index (χ3v) is 5.25. The highest BCUT2D eigenvalue weighted by Crippen LogP contribution is 2.33. The number of rotatable bonds is 6. The van der Waals surface area contributed by atoms with Gasteiger partial charge in [0, 0.05) is 48.6 Å². The molecule has 0 saturated carbocycles. The molecule has 150 valence electrons. The molecule has 2 aromatic heterocycles. The number of para-hydroxylation sites is 1. The molecular formula is C22H24N4O3. The van der Waals surface area contributed by atoms with E-state index in [1.54, 1.807) is 26.6 Å². The Labute approximate surface area is 169 Å². The van der Waals surface area contributed by atoms with Gasteiger partial charge in [0.25, 0.3) is 5.56 Å². The number of H-pyrrole nitrogens is 1. The van der Waals surface area contributed by atoms with E-state index in [-0.39, 0.29) is 11.5 Å². The summed E-state index contributed by atoms with van der Waals surface area (Å²) in [4.78, 5) is 26.3. The van der Waals surface area contributed by atoms with E-state index in [1.165, 1.54) is 6.07 Å². The monoisotopic (exact) mass is 392 g/mol. The van der Waals surface area contributed by atoms with Crippen LogP contribution in [-0.2, 0) is 6.54 Å². The Bertz CT molecular complexity index is 1040. The number of aromatic nitrogens is 3. The van der Waals surface area contributed by atoms with Gasteiger partial charge < -0.3 is 14.5 Å². The molecule has 1 N–H and O–H groups in total. The fraction of sp³-hybridized carbons (Fsp3) is 0.318. The molecule has 0 bridgehead atoms. The Balaban J connectivity index is 1.52. The number of nitrogens with one attached hydrogen (secondary N) is 1. The van der Waals surface area contributed by atoms with Gasteiger partial charge in [-0.2, -0.15) is 0 Å².